The Kier molecular flexibility index (Phi) is 5.62. The summed E-state index contributed by atoms with van der Waals surface area (Å²) in [5.41, 5.74) is 0.857. The number of amides is 2. The normalized spacial score (nSPS) is 17.5. The van der Waals surface area contributed by atoms with E-state index in [2.05, 4.69) is 17.1 Å². The van der Waals surface area contributed by atoms with Gasteiger partial charge in [-0.3, -0.25) is 19.7 Å². The van der Waals surface area contributed by atoms with E-state index in [1.807, 2.05) is 0 Å². The first-order chi connectivity index (χ1) is 12.8. The van der Waals surface area contributed by atoms with Gasteiger partial charge in [0.2, 0.25) is 5.91 Å². The summed E-state index contributed by atoms with van der Waals surface area (Å²) in [6.07, 6.45) is 3.99. The van der Waals surface area contributed by atoms with Gasteiger partial charge in [-0.05, 0) is 37.7 Å². The van der Waals surface area contributed by atoms with Gasteiger partial charge < -0.3 is 15.1 Å². The maximum Gasteiger partial charge on any atom is 0.270 e. The van der Waals surface area contributed by atoms with Crippen LogP contribution >= 0.6 is 0 Å². The molecule has 0 aromatic heterocycles. The van der Waals surface area contributed by atoms with E-state index in [1.54, 1.807) is 13.1 Å². The summed E-state index contributed by atoms with van der Waals surface area (Å²) in [7, 11) is 1.55. The highest BCUT2D eigenvalue weighted by molar-refractivity contribution is 6.01. The lowest BCUT2D eigenvalue weighted by atomic mass is 9.97. The number of nitro benzene ring substituents is 1. The molecule has 1 saturated heterocycles. The lowest BCUT2D eigenvalue weighted by molar-refractivity contribution is -0.384. The number of likely N-dealkylation sites (N-methyl/N-ethyl adjacent to an activating group) is 1. The topological polar surface area (TPSA) is 95.8 Å². The number of benzene rings is 1. The van der Waals surface area contributed by atoms with Gasteiger partial charge in [-0.25, -0.2) is 0 Å². The molecule has 146 valence electrons. The molecule has 2 fully saturated rings. The summed E-state index contributed by atoms with van der Waals surface area (Å²) >= 11 is 0. The van der Waals surface area contributed by atoms with E-state index in [1.165, 1.54) is 17.0 Å². The van der Waals surface area contributed by atoms with Gasteiger partial charge in [-0.2, -0.15) is 0 Å². The van der Waals surface area contributed by atoms with E-state index in [-0.39, 0.29) is 35.7 Å². The lowest BCUT2D eigenvalue weighted by Gasteiger charge is -2.33. The molecule has 0 spiro atoms. The van der Waals surface area contributed by atoms with Crippen molar-refractivity contribution in [2.45, 2.75) is 38.6 Å². The van der Waals surface area contributed by atoms with Crippen molar-refractivity contribution in [3.05, 3.63) is 33.9 Å². The van der Waals surface area contributed by atoms with Crippen LogP contribution in [-0.4, -0.2) is 54.4 Å². The van der Waals surface area contributed by atoms with Crippen LogP contribution in [0.1, 0.15) is 43.0 Å². The average Bonchev–Trinajstić information content (AvgIpc) is 3.45. The van der Waals surface area contributed by atoms with Crippen molar-refractivity contribution in [1.82, 2.24) is 10.2 Å². The predicted octanol–water partition coefficient (Wildman–Crippen LogP) is 2.18. The van der Waals surface area contributed by atoms with Crippen LogP contribution < -0.4 is 10.2 Å². The number of hydrogen-bond acceptors (Lipinski definition) is 5. The number of piperidine rings is 1. The van der Waals surface area contributed by atoms with Crippen LogP contribution in [0.25, 0.3) is 0 Å². The van der Waals surface area contributed by atoms with Gasteiger partial charge in [0.1, 0.15) is 0 Å². The van der Waals surface area contributed by atoms with Crippen molar-refractivity contribution >= 4 is 23.2 Å². The van der Waals surface area contributed by atoms with Crippen LogP contribution in [0.2, 0.25) is 0 Å². The van der Waals surface area contributed by atoms with Crippen molar-refractivity contribution in [3.63, 3.8) is 0 Å². The number of carbonyl (C=O) groups is 2. The van der Waals surface area contributed by atoms with Gasteiger partial charge in [-0.1, -0.05) is 6.92 Å². The van der Waals surface area contributed by atoms with Crippen LogP contribution in [0.4, 0.5) is 11.4 Å². The minimum Gasteiger partial charge on any atom is -0.371 e. The van der Waals surface area contributed by atoms with Crippen molar-refractivity contribution in [2.24, 2.45) is 5.92 Å². The molecule has 3 rings (SSSR count). The van der Waals surface area contributed by atoms with Crippen LogP contribution in [0, 0.1) is 16.0 Å². The number of non-ortho nitro benzene ring substituents is 1. The predicted molar refractivity (Wildman–Crippen MR) is 102 cm³/mol. The molecule has 1 aromatic carbocycles. The standard InChI is InChI=1S/C19H26N4O4/c1-13-7-9-22(10-8-13)17-6-5-15(23(26)27)11-16(17)19(25)21(2)12-18(24)20-14-3-4-14/h5-6,11,13-14H,3-4,7-10,12H2,1-2H3,(H,20,24). The third-order valence-electron chi connectivity index (χ3n) is 5.22. The lowest BCUT2D eigenvalue weighted by Crippen LogP contribution is -2.40. The van der Waals surface area contributed by atoms with Crippen molar-refractivity contribution in [2.75, 3.05) is 31.6 Å². The Hall–Kier alpha value is -2.64. The number of anilines is 1. The molecule has 1 aliphatic heterocycles. The van der Waals surface area contributed by atoms with Gasteiger partial charge in [0.05, 0.1) is 22.7 Å². The maximum absolute atomic E-state index is 13.0. The molecule has 1 aromatic rings. The van der Waals surface area contributed by atoms with Gasteiger partial charge in [-0.15, -0.1) is 0 Å². The minimum atomic E-state index is -0.501. The first-order valence-electron chi connectivity index (χ1n) is 9.43. The molecule has 1 saturated carbocycles. The zero-order valence-electron chi connectivity index (χ0n) is 15.8. The summed E-state index contributed by atoms with van der Waals surface area (Å²) in [6, 6.07) is 4.64. The van der Waals surface area contributed by atoms with Crippen molar-refractivity contribution < 1.29 is 14.5 Å². The zero-order chi connectivity index (χ0) is 19.6. The quantitative estimate of drug-likeness (QED) is 0.608. The second kappa shape index (κ2) is 7.94. The molecule has 0 unspecified atom stereocenters. The first kappa shape index (κ1) is 19.1. The minimum absolute atomic E-state index is 0.0610. The van der Waals surface area contributed by atoms with Crippen molar-refractivity contribution in [1.29, 1.82) is 0 Å². The van der Waals surface area contributed by atoms with Gasteiger partial charge >= 0.3 is 0 Å². The molecule has 0 atom stereocenters. The highest BCUT2D eigenvalue weighted by Gasteiger charge is 2.27. The third kappa shape index (κ3) is 4.75. The van der Waals surface area contributed by atoms with Gasteiger partial charge in [0.15, 0.2) is 0 Å². The number of nitrogens with one attached hydrogen (secondary N) is 1. The van der Waals surface area contributed by atoms with Gasteiger partial charge in [0.25, 0.3) is 11.6 Å². The number of carbonyl (C=O) groups excluding carboxylic acids is 2. The molecule has 0 radical (unpaired) electrons. The SMILES string of the molecule is CC1CCN(c2ccc([N+](=O)[O-])cc2C(=O)N(C)CC(=O)NC2CC2)CC1. The highest BCUT2D eigenvalue weighted by atomic mass is 16.6. The van der Waals surface area contributed by atoms with E-state index >= 15 is 0 Å². The smallest absolute Gasteiger partial charge is 0.270 e. The maximum atomic E-state index is 13.0. The summed E-state index contributed by atoms with van der Waals surface area (Å²) in [6.45, 7) is 3.76. The first-order valence-corrected chi connectivity index (χ1v) is 9.43. The Morgan fingerprint density at radius 3 is 2.52 bits per heavy atom. The summed E-state index contributed by atoms with van der Waals surface area (Å²) in [4.78, 5) is 39.1. The molecule has 2 amide bonds. The van der Waals surface area contributed by atoms with E-state index in [0.717, 1.165) is 38.8 Å². The van der Waals surface area contributed by atoms with Crippen LogP contribution in [-0.2, 0) is 4.79 Å². The molecule has 1 N–H and O–H groups in total. The summed E-state index contributed by atoms with van der Waals surface area (Å²) in [5.74, 6) is 0.0534. The number of nitrogens with zero attached hydrogens (tertiary/aromatic N) is 3. The Morgan fingerprint density at radius 1 is 1.26 bits per heavy atom. The fourth-order valence-corrected chi connectivity index (χ4v) is 3.33. The average molecular weight is 374 g/mol. The number of nitro groups is 1. The highest BCUT2D eigenvalue weighted by Crippen LogP contribution is 2.30. The fraction of sp³-hybridized carbons (Fsp3) is 0.579. The number of rotatable bonds is 6. The molecule has 1 heterocycles. The molecular weight excluding hydrogens is 348 g/mol. The third-order valence-corrected chi connectivity index (χ3v) is 5.22. The van der Waals surface area contributed by atoms with E-state index in [4.69, 9.17) is 0 Å². The molecule has 27 heavy (non-hydrogen) atoms. The molecule has 8 nitrogen and oxygen atoms in total. The monoisotopic (exact) mass is 374 g/mol. The van der Waals surface area contributed by atoms with E-state index in [0.29, 0.717) is 11.6 Å². The molecule has 8 heteroatoms. The van der Waals surface area contributed by atoms with E-state index < -0.39 is 4.92 Å². The van der Waals surface area contributed by atoms with Crippen molar-refractivity contribution in [3.8, 4) is 0 Å². The Balaban J connectivity index is 1.81. The fourth-order valence-electron chi connectivity index (χ4n) is 3.33. The molecular formula is C19H26N4O4. The molecule has 0 bridgehead atoms. The summed E-state index contributed by atoms with van der Waals surface area (Å²) in [5, 5.41) is 14.0. The molecule has 2 aliphatic rings. The second-order valence-electron chi connectivity index (χ2n) is 7.63. The Labute approximate surface area is 158 Å². The number of hydrogen-bond donors (Lipinski definition) is 1. The Bertz CT molecular complexity index is 739. The van der Waals surface area contributed by atoms with Gasteiger partial charge in [0, 0.05) is 38.3 Å². The largest absolute Gasteiger partial charge is 0.371 e. The second-order valence-corrected chi connectivity index (χ2v) is 7.63. The van der Waals surface area contributed by atoms with E-state index in [9.17, 15) is 19.7 Å². The molecule has 1 aliphatic carbocycles. The van der Waals surface area contributed by atoms with Crippen LogP contribution in [0.3, 0.4) is 0 Å². The zero-order valence-corrected chi connectivity index (χ0v) is 15.8. The van der Waals surface area contributed by atoms with Crippen LogP contribution in [0.15, 0.2) is 18.2 Å². The summed E-state index contributed by atoms with van der Waals surface area (Å²) < 4.78 is 0. The van der Waals surface area contributed by atoms with Crippen LogP contribution in [0.5, 0.6) is 0 Å². The Morgan fingerprint density at radius 2 is 1.93 bits per heavy atom.